The predicted molar refractivity (Wildman–Crippen MR) is 100 cm³/mol. The minimum atomic E-state index is 0.256. The molecule has 9 nitrogen and oxygen atoms in total. The van der Waals surface area contributed by atoms with Crippen LogP contribution in [-0.2, 0) is 11.8 Å². The molecule has 138 valence electrons. The molecule has 1 saturated heterocycles. The van der Waals surface area contributed by atoms with E-state index in [2.05, 4.69) is 38.3 Å². The second-order valence-electron chi connectivity index (χ2n) is 6.72. The van der Waals surface area contributed by atoms with Gasteiger partial charge in [0.05, 0.1) is 48.1 Å². The lowest BCUT2D eigenvalue weighted by molar-refractivity contribution is 0.0985. The molecule has 1 N–H and O–H groups in total. The van der Waals surface area contributed by atoms with Gasteiger partial charge in [0.25, 0.3) is 0 Å². The van der Waals surface area contributed by atoms with E-state index in [-0.39, 0.29) is 6.04 Å². The molecule has 4 aromatic heterocycles. The van der Waals surface area contributed by atoms with Crippen molar-refractivity contribution in [3.63, 3.8) is 0 Å². The van der Waals surface area contributed by atoms with Crippen LogP contribution in [0.3, 0.4) is 0 Å². The second-order valence-corrected chi connectivity index (χ2v) is 6.72. The number of ether oxygens (including phenoxy) is 1. The Morgan fingerprint density at radius 1 is 1.19 bits per heavy atom. The molecule has 0 aromatic carbocycles. The van der Waals surface area contributed by atoms with Crippen LogP contribution in [0.25, 0.3) is 28.3 Å². The molecule has 9 heteroatoms. The van der Waals surface area contributed by atoms with E-state index >= 15 is 0 Å². The fourth-order valence-corrected chi connectivity index (χ4v) is 3.57. The third-order valence-corrected chi connectivity index (χ3v) is 4.99. The Kier molecular flexibility index (Phi) is 3.68. The Bertz CT molecular complexity index is 1080. The van der Waals surface area contributed by atoms with E-state index in [0.717, 1.165) is 40.7 Å². The number of aryl methyl sites for hydroxylation is 1. The normalized spacial score (nSPS) is 17.7. The van der Waals surface area contributed by atoms with E-state index in [9.17, 15) is 0 Å². The molecule has 27 heavy (non-hydrogen) atoms. The molecule has 0 aliphatic carbocycles. The van der Waals surface area contributed by atoms with Gasteiger partial charge in [-0.15, -0.1) is 0 Å². The van der Waals surface area contributed by atoms with Gasteiger partial charge < -0.3 is 9.64 Å². The van der Waals surface area contributed by atoms with Gasteiger partial charge in [-0.3, -0.25) is 9.78 Å². The van der Waals surface area contributed by atoms with Crippen molar-refractivity contribution in [2.45, 2.75) is 13.0 Å². The van der Waals surface area contributed by atoms with Gasteiger partial charge in [0.2, 0.25) is 0 Å². The summed E-state index contributed by atoms with van der Waals surface area (Å²) in [4.78, 5) is 7.24. The number of nitrogens with one attached hydrogen (secondary N) is 1. The Morgan fingerprint density at radius 2 is 2.11 bits per heavy atom. The van der Waals surface area contributed by atoms with Crippen molar-refractivity contribution >= 4 is 11.5 Å². The van der Waals surface area contributed by atoms with Crippen LogP contribution in [0.5, 0.6) is 0 Å². The molecule has 1 atom stereocenters. The average molecular weight is 364 g/mol. The van der Waals surface area contributed by atoms with Crippen LogP contribution in [0, 0.1) is 0 Å². The zero-order chi connectivity index (χ0) is 18.4. The highest BCUT2D eigenvalue weighted by Gasteiger charge is 2.24. The summed E-state index contributed by atoms with van der Waals surface area (Å²) in [5.41, 5.74) is 4.51. The van der Waals surface area contributed by atoms with Gasteiger partial charge in [0, 0.05) is 32.1 Å². The molecule has 1 aliphatic heterocycles. The Balaban J connectivity index is 1.76. The summed E-state index contributed by atoms with van der Waals surface area (Å²) in [5, 5.41) is 16.0. The lowest BCUT2D eigenvalue weighted by Gasteiger charge is -2.34. The molecular formula is C18H20N8O. The number of morpholine rings is 1. The van der Waals surface area contributed by atoms with Gasteiger partial charge in [-0.25, -0.2) is 9.50 Å². The zero-order valence-electron chi connectivity index (χ0n) is 15.2. The molecule has 5 rings (SSSR count). The minimum absolute atomic E-state index is 0.256. The van der Waals surface area contributed by atoms with Crippen molar-refractivity contribution in [3.05, 3.63) is 36.8 Å². The molecule has 1 aliphatic rings. The van der Waals surface area contributed by atoms with E-state index in [0.29, 0.717) is 13.2 Å². The molecule has 0 amide bonds. The highest BCUT2D eigenvalue weighted by atomic mass is 16.5. The predicted octanol–water partition coefficient (Wildman–Crippen LogP) is 1.74. The first kappa shape index (κ1) is 16.0. The topological polar surface area (TPSA) is 89.2 Å². The van der Waals surface area contributed by atoms with Crippen molar-refractivity contribution < 1.29 is 4.74 Å². The van der Waals surface area contributed by atoms with Crippen LogP contribution in [0.1, 0.15) is 6.92 Å². The van der Waals surface area contributed by atoms with Gasteiger partial charge in [0.15, 0.2) is 5.65 Å². The van der Waals surface area contributed by atoms with Crippen molar-refractivity contribution in [3.8, 4) is 22.6 Å². The molecule has 0 unspecified atom stereocenters. The summed E-state index contributed by atoms with van der Waals surface area (Å²) in [7, 11) is 1.93. The minimum Gasteiger partial charge on any atom is -0.377 e. The standard InChI is InChI=1S/C18H20N8O/c1-12-11-27-8-7-25(12)17-9-16(15-4-6-20-24(15)2)26-18(22-17)13(10-21-26)14-3-5-19-23-14/h3-6,9-10,12H,7-8,11H2,1-2H3,(H,19,23)/t12-/m1/s1. The van der Waals surface area contributed by atoms with E-state index < -0.39 is 0 Å². The maximum absolute atomic E-state index is 5.60. The number of hydrogen-bond donors (Lipinski definition) is 1. The van der Waals surface area contributed by atoms with Gasteiger partial charge in [-0.05, 0) is 19.1 Å². The molecule has 0 saturated carbocycles. The van der Waals surface area contributed by atoms with E-state index in [4.69, 9.17) is 9.72 Å². The van der Waals surface area contributed by atoms with E-state index in [1.807, 2.05) is 34.6 Å². The highest BCUT2D eigenvalue weighted by molar-refractivity contribution is 5.78. The summed E-state index contributed by atoms with van der Waals surface area (Å²) < 4.78 is 9.30. The van der Waals surface area contributed by atoms with Gasteiger partial charge in [-0.2, -0.15) is 15.3 Å². The van der Waals surface area contributed by atoms with Gasteiger partial charge in [-0.1, -0.05) is 0 Å². The van der Waals surface area contributed by atoms with E-state index in [1.165, 1.54) is 0 Å². The fourth-order valence-electron chi connectivity index (χ4n) is 3.57. The maximum Gasteiger partial charge on any atom is 0.167 e. The van der Waals surface area contributed by atoms with E-state index in [1.54, 1.807) is 12.4 Å². The van der Waals surface area contributed by atoms with Crippen molar-refractivity contribution in [2.75, 3.05) is 24.7 Å². The SMILES string of the molecule is C[C@@H]1COCCN1c1cc(-c2ccnn2C)n2ncc(-c3ccn[nH]3)c2n1. The molecule has 5 heterocycles. The van der Waals surface area contributed by atoms with Crippen molar-refractivity contribution in [2.24, 2.45) is 7.05 Å². The fraction of sp³-hybridized carbons (Fsp3) is 0.333. The summed E-state index contributed by atoms with van der Waals surface area (Å²) >= 11 is 0. The summed E-state index contributed by atoms with van der Waals surface area (Å²) in [6, 6.07) is 6.24. The molecule has 4 aromatic rings. The number of H-pyrrole nitrogens is 1. The first-order chi connectivity index (χ1) is 13.2. The van der Waals surface area contributed by atoms with Crippen LogP contribution in [0.2, 0.25) is 0 Å². The molecule has 0 spiro atoms. The third-order valence-electron chi connectivity index (χ3n) is 4.99. The quantitative estimate of drug-likeness (QED) is 0.596. The molecule has 0 bridgehead atoms. The first-order valence-electron chi connectivity index (χ1n) is 8.93. The number of rotatable bonds is 3. The van der Waals surface area contributed by atoms with Gasteiger partial charge >= 0.3 is 0 Å². The highest BCUT2D eigenvalue weighted by Crippen LogP contribution is 2.30. The van der Waals surface area contributed by atoms with Crippen LogP contribution in [0.15, 0.2) is 36.8 Å². The number of hydrogen-bond acceptors (Lipinski definition) is 6. The van der Waals surface area contributed by atoms with Gasteiger partial charge in [0.1, 0.15) is 5.82 Å². The Labute approximate surface area is 155 Å². The molecular weight excluding hydrogens is 344 g/mol. The van der Waals surface area contributed by atoms with Crippen LogP contribution >= 0.6 is 0 Å². The maximum atomic E-state index is 5.60. The number of fused-ring (bicyclic) bond motifs is 1. The summed E-state index contributed by atoms with van der Waals surface area (Å²) in [5.74, 6) is 0.913. The average Bonchev–Trinajstić information content (AvgIpc) is 3.41. The first-order valence-corrected chi connectivity index (χ1v) is 8.93. The van der Waals surface area contributed by atoms with Crippen molar-refractivity contribution in [1.82, 2.24) is 34.6 Å². The second kappa shape index (κ2) is 6.20. The van der Waals surface area contributed by atoms with Crippen LogP contribution in [0.4, 0.5) is 5.82 Å². The largest absolute Gasteiger partial charge is 0.377 e. The number of anilines is 1. The monoisotopic (exact) mass is 364 g/mol. The smallest absolute Gasteiger partial charge is 0.167 e. The number of aromatic nitrogens is 7. The molecule has 0 radical (unpaired) electrons. The lowest BCUT2D eigenvalue weighted by Crippen LogP contribution is -2.44. The summed E-state index contributed by atoms with van der Waals surface area (Å²) in [6.07, 6.45) is 5.34. The number of aromatic amines is 1. The van der Waals surface area contributed by atoms with Crippen molar-refractivity contribution in [1.29, 1.82) is 0 Å². The van der Waals surface area contributed by atoms with Crippen LogP contribution < -0.4 is 4.90 Å². The Morgan fingerprint density at radius 3 is 2.85 bits per heavy atom. The summed E-state index contributed by atoms with van der Waals surface area (Å²) in [6.45, 7) is 4.36. The Hall–Kier alpha value is -3.20. The number of nitrogens with zero attached hydrogens (tertiary/aromatic N) is 7. The zero-order valence-corrected chi connectivity index (χ0v) is 15.2. The lowest BCUT2D eigenvalue weighted by atomic mass is 10.2. The molecule has 1 fully saturated rings. The van der Waals surface area contributed by atoms with Crippen LogP contribution in [-0.4, -0.2) is 60.4 Å². The third kappa shape index (κ3) is 2.58.